The predicted molar refractivity (Wildman–Crippen MR) is 130 cm³/mol. The molecule has 0 aliphatic heterocycles. The van der Waals surface area contributed by atoms with Crippen molar-refractivity contribution in [2.24, 2.45) is 0 Å². The van der Waals surface area contributed by atoms with Gasteiger partial charge in [0, 0.05) is 23.4 Å². The van der Waals surface area contributed by atoms with Gasteiger partial charge in [-0.25, -0.2) is 4.79 Å². The molecule has 0 saturated heterocycles. The van der Waals surface area contributed by atoms with Gasteiger partial charge in [0.25, 0.3) is 0 Å². The summed E-state index contributed by atoms with van der Waals surface area (Å²) < 4.78 is 15.7. The first-order valence-corrected chi connectivity index (χ1v) is 11.5. The molecular weight excluding hydrogens is 438 g/mol. The minimum absolute atomic E-state index is 0.0939. The second-order valence-corrected chi connectivity index (χ2v) is 8.42. The molecule has 0 atom stereocenters. The van der Waals surface area contributed by atoms with E-state index >= 15 is 0 Å². The van der Waals surface area contributed by atoms with Gasteiger partial charge < -0.3 is 19.2 Å². The molecule has 0 aliphatic rings. The number of carbonyl (C=O) groups is 2. The summed E-state index contributed by atoms with van der Waals surface area (Å²) in [5.41, 5.74) is 4.23. The third-order valence-electron chi connectivity index (χ3n) is 5.44. The van der Waals surface area contributed by atoms with Crippen LogP contribution in [0.1, 0.15) is 39.1 Å². The number of aryl methyl sites for hydroxylation is 1. The maximum atomic E-state index is 12.8. The van der Waals surface area contributed by atoms with E-state index in [4.69, 9.17) is 14.2 Å². The standard InChI is InChI=1S/C26H25NO5S/c1-4-32-26(29)22-12-18-11-17(6-9-21(18)27-22)19-13-25(33-15-19)23(28)10-7-16-5-8-20(30-2)14-24(16)31-3/h5-6,8-9,11-15,27H,4,7,10H2,1-3H3. The maximum Gasteiger partial charge on any atom is 0.354 e. The smallest absolute Gasteiger partial charge is 0.354 e. The highest BCUT2D eigenvalue weighted by Gasteiger charge is 2.14. The van der Waals surface area contributed by atoms with Crippen molar-refractivity contribution in [1.29, 1.82) is 0 Å². The molecule has 0 amide bonds. The first-order valence-electron chi connectivity index (χ1n) is 10.6. The molecule has 0 spiro atoms. The van der Waals surface area contributed by atoms with Gasteiger partial charge >= 0.3 is 5.97 Å². The summed E-state index contributed by atoms with van der Waals surface area (Å²) >= 11 is 1.44. The molecule has 0 aliphatic carbocycles. The number of ketones is 1. The second kappa shape index (κ2) is 9.92. The number of methoxy groups -OCH3 is 2. The maximum absolute atomic E-state index is 12.8. The van der Waals surface area contributed by atoms with Crippen LogP contribution >= 0.6 is 11.3 Å². The Morgan fingerprint density at radius 1 is 0.970 bits per heavy atom. The van der Waals surface area contributed by atoms with Crippen LogP contribution in [-0.4, -0.2) is 37.6 Å². The number of nitrogens with one attached hydrogen (secondary N) is 1. The monoisotopic (exact) mass is 463 g/mol. The Morgan fingerprint density at radius 2 is 1.82 bits per heavy atom. The van der Waals surface area contributed by atoms with E-state index < -0.39 is 0 Å². The van der Waals surface area contributed by atoms with Crippen LogP contribution in [0.3, 0.4) is 0 Å². The number of hydrogen-bond donors (Lipinski definition) is 1. The summed E-state index contributed by atoms with van der Waals surface area (Å²) in [5, 5.41) is 2.91. The third kappa shape index (κ3) is 4.93. The quantitative estimate of drug-likeness (QED) is 0.247. The van der Waals surface area contributed by atoms with Crippen molar-refractivity contribution >= 4 is 34.0 Å². The molecule has 170 valence electrons. The molecular formula is C26H25NO5S. The van der Waals surface area contributed by atoms with Crippen LogP contribution in [0.5, 0.6) is 11.5 Å². The number of benzene rings is 2. The number of ether oxygens (including phenoxy) is 3. The van der Waals surface area contributed by atoms with E-state index in [1.165, 1.54) is 11.3 Å². The van der Waals surface area contributed by atoms with Crippen LogP contribution in [0.4, 0.5) is 0 Å². The highest BCUT2D eigenvalue weighted by atomic mass is 32.1. The van der Waals surface area contributed by atoms with Gasteiger partial charge in [0.2, 0.25) is 0 Å². The predicted octanol–water partition coefficient (Wildman–Crippen LogP) is 5.91. The number of aromatic nitrogens is 1. The highest BCUT2D eigenvalue weighted by Crippen LogP contribution is 2.31. The number of hydrogen-bond acceptors (Lipinski definition) is 6. The highest BCUT2D eigenvalue weighted by molar-refractivity contribution is 7.12. The van der Waals surface area contributed by atoms with Crippen molar-refractivity contribution in [3.63, 3.8) is 0 Å². The molecule has 4 aromatic rings. The number of Topliss-reactive ketones (excluding diaryl/α,β-unsaturated/α-hetero) is 1. The first kappa shape index (κ1) is 22.6. The van der Waals surface area contributed by atoms with Crippen LogP contribution < -0.4 is 9.47 Å². The lowest BCUT2D eigenvalue weighted by Gasteiger charge is -2.09. The van der Waals surface area contributed by atoms with Crippen LogP contribution in [0.25, 0.3) is 22.0 Å². The van der Waals surface area contributed by atoms with Gasteiger partial charge in [-0.05, 0) is 65.7 Å². The van der Waals surface area contributed by atoms with Gasteiger partial charge in [-0.1, -0.05) is 12.1 Å². The molecule has 0 unspecified atom stereocenters. The van der Waals surface area contributed by atoms with Crippen molar-refractivity contribution < 1.29 is 23.8 Å². The molecule has 0 radical (unpaired) electrons. The topological polar surface area (TPSA) is 77.6 Å². The Balaban J connectivity index is 1.47. The molecule has 1 N–H and O–H groups in total. The molecule has 0 saturated carbocycles. The SMILES string of the molecule is CCOC(=O)c1cc2cc(-c3csc(C(=O)CCc4ccc(OC)cc4OC)c3)ccc2[nH]1. The lowest BCUT2D eigenvalue weighted by Crippen LogP contribution is -2.04. The summed E-state index contributed by atoms with van der Waals surface area (Å²) in [7, 11) is 3.22. The number of rotatable bonds is 9. The molecule has 2 heterocycles. The number of fused-ring (bicyclic) bond motifs is 1. The molecule has 7 heteroatoms. The van der Waals surface area contributed by atoms with Crippen molar-refractivity contribution in [2.75, 3.05) is 20.8 Å². The van der Waals surface area contributed by atoms with Crippen LogP contribution in [0, 0.1) is 0 Å². The van der Waals surface area contributed by atoms with Crippen LogP contribution in [0.2, 0.25) is 0 Å². The number of aromatic amines is 1. The van der Waals surface area contributed by atoms with Crippen molar-refractivity contribution in [2.45, 2.75) is 19.8 Å². The fourth-order valence-corrected chi connectivity index (χ4v) is 4.58. The van der Waals surface area contributed by atoms with Gasteiger partial charge in [-0.2, -0.15) is 0 Å². The molecule has 4 rings (SSSR count). The van der Waals surface area contributed by atoms with Crippen molar-refractivity contribution in [3.05, 3.63) is 70.0 Å². The van der Waals surface area contributed by atoms with E-state index in [9.17, 15) is 9.59 Å². The average molecular weight is 464 g/mol. The zero-order chi connectivity index (χ0) is 23.4. The Morgan fingerprint density at radius 3 is 2.58 bits per heavy atom. The molecule has 2 aromatic heterocycles. The normalized spacial score (nSPS) is 10.9. The number of esters is 1. The Bertz CT molecular complexity index is 1300. The van der Waals surface area contributed by atoms with Crippen LogP contribution in [0.15, 0.2) is 53.9 Å². The lowest BCUT2D eigenvalue weighted by atomic mass is 10.0. The summed E-state index contributed by atoms with van der Waals surface area (Å²) in [6.07, 6.45) is 0.980. The van der Waals surface area contributed by atoms with E-state index in [0.717, 1.165) is 44.0 Å². The van der Waals surface area contributed by atoms with Gasteiger partial charge in [-0.15, -0.1) is 11.3 Å². The molecule has 0 fully saturated rings. The van der Waals surface area contributed by atoms with Gasteiger partial charge in [0.05, 0.1) is 25.7 Å². The summed E-state index contributed by atoms with van der Waals surface area (Å²) in [4.78, 5) is 28.6. The first-order chi connectivity index (χ1) is 16.0. The Hall–Kier alpha value is -3.58. The van der Waals surface area contributed by atoms with Crippen molar-refractivity contribution in [1.82, 2.24) is 4.98 Å². The van der Waals surface area contributed by atoms with Crippen LogP contribution in [-0.2, 0) is 11.2 Å². The minimum atomic E-state index is -0.368. The fourth-order valence-electron chi connectivity index (χ4n) is 3.69. The average Bonchev–Trinajstić information content (AvgIpc) is 3.49. The van der Waals surface area contributed by atoms with E-state index in [2.05, 4.69) is 4.98 Å². The molecule has 2 aromatic carbocycles. The molecule has 6 nitrogen and oxygen atoms in total. The number of thiophene rings is 1. The van der Waals surface area contributed by atoms with Gasteiger partial charge in [0.1, 0.15) is 17.2 Å². The zero-order valence-electron chi connectivity index (χ0n) is 18.8. The summed E-state index contributed by atoms with van der Waals surface area (Å²) in [6, 6.07) is 15.3. The fraction of sp³-hybridized carbons (Fsp3) is 0.231. The van der Waals surface area contributed by atoms with Gasteiger partial charge in [0.15, 0.2) is 5.78 Å². The lowest BCUT2D eigenvalue weighted by molar-refractivity contribution is 0.0520. The Labute approximate surface area is 196 Å². The zero-order valence-corrected chi connectivity index (χ0v) is 19.6. The molecule has 0 bridgehead atoms. The third-order valence-corrected chi connectivity index (χ3v) is 6.41. The Kier molecular flexibility index (Phi) is 6.79. The second-order valence-electron chi connectivity index (χ2n) is 7.51. The van der Waals surface area contributed by atoms with E-state index in [1.807, 2.05) is 47.8 Å². The van der Waals surface area contributed by atoms with E-state index in [0.29, 0.717) is 25.1 Å². The van der Waals surface area contributed by atoms with Gasteiger partial charge in [-0.3, -0.25) is 4.79 Å². The van der Waals surface area contributed by atoms with E-state index in [-0.39, 0.29) is 11.8 Å². The molecule has 33 heavy (non-hydrogen) atoms. The largest absolute Gasteiger partial charge is 0.497 e. The summed E-state index contributed by atoms with van der Waals surface area (Å²) in [5.74, 6) is 1.17. The van der Waals surface area contributed by atoms with E-state index in [1.54, 1.807) is 27.2 Å². The minimum Gasteiger partial charge on any atom is -0.497 e. The van der Waals surface area contributed by atoms with Crippen molar-refractivity contribution in [3.8, 4) is 22.6 Å². The number of H-pyrrole nitrogens is 1. The number of carbonyl (C=O) groups excluding carboxylic acids is 2. The summed E-state index contributed by atoms with van der Waals surface area (Å²) in [6.45, 7) is 2.11.